The van der Waals surface area contributed by atoms with Gasteiger partial charge >= 0.3 is 5.97 Å². The van der Waals surface area contributed by atoms with E-state index < -0.39 is 0 Å². The summed E-state index contributed by atoms with van der Waals surface area (Å²) in [6.07, 6.45) is 2.83. The van der Waals surface area contributed by atoms with Crippen LogP contribution in [0.25, 0.3) is 0 Å². The van der Waals surface area contributed by atoms with Crippen LogP contribution in [0.1, 0.15) is 22.3 Å². The van der Waals surface area contributed by atoms with Crippen LogP contribution in [0.3, 0.4) is 0 Å². The highest BCUT2D eigenvalue weighted by molar-refractivity contribution is 5.91. The lowest BCUT2D eigenvalue weighted by Crippen LogP contribution is -2.05. The Morgan fingerprint density at radius 3 is 2.88 bits per heavy atom. The number of carbonyl (C=O) groups excluding carboxylic acids is 1. The van der Waals surface area contributed by atoms with E-state index in [2.05, 4.69) is 6.58 Å². The van der Waals surface area contributed by atoms with E-state index in [1.165, 1.54) is 0 Å². The quantitative estimate of drug-likeness (QED) is 0.420. The molecule has 0 aliphatic rings. The third-order valence-corrected chi connectivity index (χ3v) is 2.22. The van der Waals surface area contributed by atoms with Gasteiger partial charge < -0.3 is 9.47 Å². The Balaban J connectivity index is 2.74. The molecule has 0 saturated carbocycles. The highest BCUT2D eigenvalue weighted by atomic mass is 16.5. The minimum Gasteiger partial charge on any atom is -0.432 e. The van der Waals surface area contributed by atoms with Crippen LogP contribution in [0.4, 0.5) is 0 Å². The predicted molar refractivity (Wildman–Crippen MR) is 62.3 cm³/mol. The van der Waals surface area contributed by atoms with E-state index in [1.807, 2.05) is 18.2 Å². The number of hydrogen-bond acceptors (Lipinski definition) is 3. The summed E-state index contributed by atoms with van der Waals surface area (Å²) in [4.78, 5) is 11.6. The van der Waals surface area contributed by atoms with E-state index in [4.69, 9.17) is 9.47 Å². The maximum absolute atomic E-state index is 11.6. The van der Waals surface area contributed by atoms with Crippen LogP contribution in [-0.4, -0.2) is 19.7 Å². The standard InChI is InChI=1S/C13H16O3/c1-3-16-13(14)12-9-5-4-7-11(12)8-6-10-15-2/h3-5,7,9H,1,6,8,10H2,2H3. The fourth-order valence-electron chi connectivity index (χ4n) is 1.48. The van der Waals surface area contributed by atoms with Gasteiger partial charge in [0.2, 0.25) is 0 Å². The van der Waals surface area contributed by atoms with Crippen LogP contribution >= 0.6 is 0 Å². The summed E-state index contributed by atoms with van der Waals surface area (Å²) in [5.41, 5.74) is 1.57. The molecule has 3 heteroatoms. The van der Waals surface area contributed by atoms with E-state index in [1.54, 1.807) is 13.2 Å². The van der Waals surface area contributed by atoms with Gasteiger partial charge in [0.25, 0.3) is 0 Å². The molecule has 0 aromatic heterocycles. The van der Waals surface area contributed by atoms with Crippen LogP contribution in [0, 0.1) is 0 Å². The Morgan fingerprint density at radius 2 is 2.19 bits per heavy atom. The van der Waals surface area contributed by atoms with Crippen LogP contribution < -0.4 is 0 Å². The van der Waals surface area contributed by atoms with Crippen molar-refractivity contribution in [2.45, 2.75) is 12.8 Å². The summed E-state index contributed by atoms with van der Waals surface area (Å²) in [6, 6.07) is 7.41. The molecule has 86 valence electrons. The highest BCUT2D eigenvalue weighted by Crippen LogP contribution is 2.12. The largest absolute Gasteiger partial charge is 0.432 e. The molecule has 0 heterocycles. The minimum atomic E-state index is -0.358. The number of aryl methyl sites for hydroxylation is 1. The van der Waals surface area contributed by atoms with Gasteiger partial charge in [-0.2, -0.15) is 0 Å². The molecule has 0 amide bonds. The van der Waals surface area contributed by atoms with Crippen LogP contribution in [0.2, 0.25) is 0 Å². The molecule has 0 spiro atoms. The summed E-state index contributed by atoms with van der Waals surface area (Å²) in [6.45, 7) is 4.05. The molecule has 3 nitrogen and oxygen atoms in total. The third kappa shape index (κ3) is 3.51. The Hall–Kier alpha value is -1.61. The second-order valence-corrected chi connectivity index (χ2v) is 3.33. The Morgan fingerprint density at radius 1 is 1.44 bits per heavy atom. The second kappa shape index (κ2) is 6.80. The molecule has 0 saturated heterocycles. The highest BCUT2D eigenvalue weighted by Gasteiger charge is 2.10. The van der Waals surface area contributed by atoms with Gasteiger partial charge in [-0.25, -0.2) is 4.79 Å². The van der Waals surface area contributed by atoms with Crippen molar-refractivity contribution in [2.24, 2.45) is 0 Å². The van der Waals surface area contributed by atoms with Crippen molar-refractivity contribution >= 4 is 5.97 Å². The molecule has 16 heavy (non-hydrogen) atoms. The molecule has 0 aliphatic carbocycles. The van der Waals surface area contributed by atoms with Crippen molar-refractivity contribution < 1.29 is 14.3 Å². The van der Waals surface area contributed by atoms with Crippen molar-refractivity contribution in [3.8, 4) is 0 Å². The van der Waals surface area contributed by atoms with E-state index in [0.717, 1.165) is 24.7 Å². The smallest absolute Gasteiger partial charge is 0.343 e. The molecule has 0 unspecified atom stereocenters. The monoisotopic (exact) mass is 220 g/mol. The molecular weight excluding hydrogens is 204 g/mol. The number of hydrogen-bond donors (Lipinski definition) is 0. The van der Waals surface area contributed by atoms with Gasteiger partial charge in [0.1, 0.15) is 0 Å². The zero-order valence-corrected chi connectivity index (χ0v) is 9.44. The summed E-state index contributed by atoms with van der Waals surface area (Å²) in [5, 5.41) is 0. The molecule has 1 aromatic carbocycles. The van der Waals surface area contributed by atoms with Gasteiger partial charge in [-0.3, -0.25) is 0 Å². The minimum absolute atomic E-state index is 0.358. The van der Waals surface area contributed by atoms with Crippen molar-refractivity contribution in [3.63, 3.8) is 0 Å². The third-order valence-electron chi connectivity index (χ3n) is 2.22. The SMILES string of the molecule is C=COC(=O)c1ccccc1CCCOC. The number of methoxy groups -OCH3 is 1. The summed E-state index contributed by atoms with van der Waals surface area (Å²) in [5.74, 6) is -0.358. The van der Waals surface area contributed by atoms with E-state index in [0.29, 0.717) is 12.2 Å². The maximum Gasteiger partial charge on any atom is 0.343 e. The zero-order valence-electron chi connectivity index (χ0n) is 9.44. The summed E-state index contributed by atoms with van der Waals surface area (Å²) >= 11 is 0. The fourth-order valence-corrected chi connectivity index (χ4v) is 1.48. The van der Waals surface area contributed by atoms with Gasteiger partial charge in [-0.15, -0.1) is 0 Å². The van der Waals surface area contributed by atoms with Gasteiger partial charge in [-0.1, -0.05) is 24.8 Å². The number of rotatable bonds is 6. The Labute approximate surface area is 95.7 Å². The van der Waals surface area contributed by atoms with E-state index in [-0.39, 0.29) is 5.97 Å². The first-order chi connectivity index (χ1) is 7.79. The van der Waals surface area contributed by atoms with E-state index >= 15 is 0 Å². The molecule has 0 aliphatic heterocycles. The van der Waals surface area contributed by atoms with Crippen molar-refractivity contribution in [3.05, 3.63) is 48.2 Å². The summed E-state index contributed by atoms with van der Waals surface area (Å²) in [7, 11) is 1.66. The Bertz CT molecular complexity index is 358. The molecule has 0 radical (unpaired) electrons. The first-order valence-electron chi connectivity index (χ1n) is 5.18. The molecule has 0 fully saturated rings. The van der Waals surface area contributed by atoms with Gasteiger partial charge in [0.15, 0.2) is 0 Å². The van der Waals surface area contributed by atoms with Gasteiger partial charge in [0.05, 0.1) is 11.8 Å². The first-order valence-corrected chi connectivity index (χ1v) is 5.18. The lowest BCUT2D eigenvalue weighted by atomic mass is 10.0. The van der Waals surface area contributed by atoms with Crippen LogP contribution in [0.15, 0.2) is 37.1 Å². The van der Waals surface area contributed by atoms with Gasteiger partial charge in [0, 0.05) is 13.7 Å². The Kier molecular flexibility index (Phi) is 5.29. The normalized spacial score (nSPS) is 9.81. The molecule has 0 bridgehead atoms. The second-order valence-electron chi connectivity index (χ2n) is 3.33. The molecule has 1 rings (SSSR count). The average Bonchev–Trinajstić information content (AvgIpc) is 2.30. The number of carbonyl (C=O) groups is 1. The first kappa shape index (κ1) is 12.5. The fraction of sp³-hybridized carbons (Fsp3) is 0.308. The van der Waals surface area contributed by atoms with Crippen molar-refractivity contribution in [1.82, 2.24) is 0 Å². The summed E-state index contributed by atoms with van der Waals surface area (Å²) < 4.78 is 9.75. The van der Waals surface area contributed by atoms with Crippen molar-refractivity contribution in [1.29, 1.82) is 0 Å². The van der Waals surface area contributed by atoms with E-state index in [9.17, 15) is 4.79 Å². The molecule has 1 aromatic rings. The van der Waals surface area contributed by atoms with Gasteiger partial charge in [-0.05, 0) is 24.5 Å². The average molecular weight is 220 g/mol. The maximum atomic E-state index is 11.6. The zero-order chi connectivity index (χ0) is 11.8. The lowest BCUT2D eigenvalue weighted by Gasteiger charge is -2.07. The van der Waals surface area contributed by atoms with Crippen LogP contribution in [0.5, 0.6) is 0 Å². The number of benzene rings is 1. The van der Waals surface area contributed by atoms with Crippen LogP contribution in [-0.2, 0) is 15.9 Å². The molecular formula is C13H16O3. The predicted octanol–water partition coefficient (Wildman–Crippen LogP) is 2.57. The van der Waals surface area contributed by atoms with Crippen molar-refractivity contribution in [2.75, 3.05) is 13.7 Å². The topological polar surface area (TPSA) is 35.5 Å². The molecule has 0 N–H and O–H groups in total. The number of ether oxygens (including phenoxy) is 2. The molecule has 0 atom stereocenters. The number of esters is 1. The lowest BCUT2D eigenvalue weighted by molar-refractivity contribution is 0.0662.